The molecule has 6 heteroatoms. The number of H-pyrrole nitrogens is 1. The molecule has 0 saturated carbocycles. The number of nitrogens with zero attached hydrogens (tertiary/aromatic N) is 2. The molecule has 0 spiro atoms. The zero-order valence-electron chi connectivity index (χ0n) is 10.2. The molecule has 6 nitrogen and oxygen atoms in total. The van der Waals surface area contributed by atoms with Crippen molar-refractivity contribution in [3.8, 4) is 11.4 Å². The molecule has 0 unspecified atom stereocenters. The van der Waals surface area contributed by atoms with E-state index >= 15 is 0 Å². The molecule has 18 heavy (non-hydrogen) atoms. The molecule has 2 rings (SSSR count). The van der Waals surface area contributed by atoms with Crippen LogP contribution in [0.5, 0.6) is 0 Å². The van der Waals surface area contributed by atoms with E-state index in [1.54, 1.807) is 12.3 Å². The van der Waals surface area contributed by atoms with Crippen LogP contribution in [0.3, 0.4) is 0 Å². The van der Waals surface area contributed by atoms with E-state index in [1.807, 2.05) is 14.0 Å². The maximum absolute atomic E-state index is 10.8. The minimum Gasteiger partial charge on any atom is -0.341 e. The molecule has 2 N–H and O–H groups in total. The summed E-state index contributed by atoms with van der Waals surface area (Å²) >= 11 is 0. The van der Waals surface area contributed by atoms with Crippen molar-refractivity contribution in [3.63, 3.8) is 0 Å². The summed E-state index contributed by atoms with van der Waals surface area (Å²) in [4.78, 5) is 17.8. The molecule has 0 bridgehead atoms. The SMILES string of the molecule is CNCc1cnc(-c2cc([N+](=O)[O-])ccc2C)[nH]1. The first-order valence-electron chi connectivity index (χ1n) is 5.55. The number of hydrogen-bond donors (Lipinski definition) is 2. The first-order valence-corrected chi connectivity index (χ1v) is 5.55. The van der Waals surface area contributed by atoms with Crippen LogP contribution in [0.1, 0.15) is 11.3 Å². The summed E-state index contributed by atoms with van der Waals surface area (Å²) in [6.45, 7) is 2.58. The highest BCUT2D eigenvalue weighted by Crippen LogP contribution is 2.25. The van der Waals surface area contributed by atoms with Gasteiger partial charge in [-0.2, -0.15) is 0 Å². The lowest BCUT2D eigenvalue weighted by Gasteiger charge is -2.02. The van der Waals surface area contributed by atoms with Gasteiger partial charge in [0.05, 0.1) is 4.92 Å². The third-order valence-corrected chi connectivity index (χ3v) is 2.68. The molecule has 0 saturated heterocycles. The fraction of sp³-hybridized carbons (Fsp3) is 0.250. The number of rotatable bonds is 4. The highest BCUT2D eigenvalue weighted by Gasteiger charge is 2.12. The Morgan fingerprint density at radius 2 is 2.28 bits per heavy atom. The van der Waals surface area contributed by atoms with E-state index in [0.29, 0.717) is 12.4 Å². The molecular weight excluding hydrogens is 232 g/mol. The van der Waals surface area contributed by atoms with Crippen molar-refractivity contribution in [1.82, 2.24) is 15.3 Å². The second kappa shape index (κ2) is 4.97. The molecular formula is C12H14N4O2. The van der Waals surface area contributed by atoms with Gasteiger partial charge in [0, 0.05) is 36.1 Å². The van der Waals surface area contributed by atoms with Crippen molar-refractivity contribution in [3.05, 3.63) is 45.8 Å². The largest absolute Gasteiger partial charge is 0.341 e. The summed E-state index contributed by atoms with van der Waals surface area (Å²) in [6, 6.07) is 4.77. The Bertz CT molecular complexity index is 577. The lowest BCUT2D eigenvalue weighted by atomic mass is 10.1. The number of non-ortho nitro benzene ring substituents is 1. The Kier molecular flexibility index (Phi) is 3.38. The molecule has 0 fully saturated rings. The third kappa shape index (κ3) is 2.38. The van der Waals surface area contributed by atoms with Crippen LogP contribution in [-0.4, -0.2) is 21.9 Å². The number of imidazole rings is 1. The molecule has 0 aliphatic heterocycles. The maximum Gasteiger partial charge on any atom is 0.270 e. The Hall–Kier alpha value is -2.21. The Morgan fingerprint density at radius 1 is 1.50 bits per heavy atom. The average molecular weight is 246 g/mol. The van der Waals surface area contributed by atoms with Crippen molar-refractivity contribution >= 4 is 5.69 Å². The van der Waals surface area contributed by atoms with Crippen molar-refractivity contribution in [2.45, 2.75) is 13.5 Å². The lowest BCUT2D eigenvalue weighted by molar-refractivity contribution is -0.384. The van der Waals surface area contributed by atoms with E-state index in [2.05, 4.69) is 15.3 Å². The predicted molar refractivity (Wildman–Crippen MR) is 68.2 cm³/mol. The zero-order valence-corrected chi connectivity index (χ0v) is 10.2. The summed E-state index contributed by atoms with van der Waals surface area (Å²) < 4.78 is 0. The van der Waals surface area contributed by atoms with Crippen molar-refractivity contribution in [2.24, 2.45) is 0 Å². The average Bonchev–Trinajstić information content (AvgIpc) is 2.78. The van der Waals surface area contributed by atoms with E-state index < -0.39 is 4.92 Å². The number of aryl methyl sites for hydroxylation is 1. The monoisotopic (exact) mass is 246 g/mol. The quantitative estimate of drug-likeness (QED) is 0.638. The van der Waals surface area contributed by atoms with Gasteiger partial charge in [-0.3, -0.25) is 10.1 Å². The van der Waals surface area contributed by atoms with Gasteiger partial charge < -0.3 is 10.3 Å². The number of hydrogen-bond acceptors (Lipinski definition) is 4. The number of nitro groups is 1. The van der Waals surface area contributed by atoms with Crippen LogP contribution in [0.15, 0.2) is 24.4 Å². The minimum atomic E-state index is -0.402. The van der Waals surface area contributed by atoms with Gasteiger partial charge in [-0.15, -0.1) is 0 Å². The molecule has 0 radical (unpaired) electrons. The lowest BCUT2D eigenvalue weighted by Crippen LogP contribution is -2.04. The normalized spacial score (nSPS) is 10.6. The van der Waals surface area contributed by atoms with E-state index in [9.17, 15) is 10.1 Å². The number of nitro benzene ring substituents is 1. The van der Waals surface area contributed by atoms with Crippen molar-refractivity contribution in [1.29, 1.82) is 0 Å². The molecule has 1 aromatic heterocycles. The molecule has 0 aliphatic carbocycles. The third-order valence-electron chi connectivity index (χ3n) is 2.68. The number of nitrogens with one attached hydrogen (secondary N) is 2. The van der Waals surface area contributed by atoms with Crippen LogP contribution < -0.4 is 5.32 Å². The molecule has 1 aromatic carbocycles. The molecule has 0 atom stereocenters. The van der Waals surface area contributed by atoms with Crippen LogP contribution >= 0.6 is 0 Å². The Balaban J connectivity index is 2.41. The topological polar surface area (TPSA) is 83.8 Å². The highest BCUT2D eigenvalue weighted by molar-refractivity contribution is 5.63. The first kappa shape index (κ1) is 12.3. The fourth-order valence-electron chi connectivity index (χ4n) is 1.75. The van der Waals surface area contributed by atoms with Gasteiger partial charge in [-0.25, -0.2) is 4.98 Å². The summed E-state index contributed by atoms with van der Waals surface area (Å²) in [5.74, 6) is 0.654. The summed E-state index contributed by atoms with van der Waals surface area (Å²) in [6.07, 6.45) is 1.73. The Morgan fingerprint density at radius 3 is 2.94 bits per heavy atom. The molecule has 94 valence electrons. The second-order valence-electron chi connectivity index (χ2n) is 4.04. The van der Waals surface area contributed by atoms with Crippen LogP contribution in [-0.2, 0) is 6.54 Å². The van der Waals surface area contributed by atoms with Gasteiger partial charge in [0.2, 0.25) is 0 Å². The van der Waals surface area contributed by atoms with Gasteiger partial charge >= 0.3 is 0 Å². The van der Waals surface area contributed by atoms with Gasteiger partial charge in [0.25, 0.3) is 5.69 Å². The van der Waals surface area contributed by atoms with Crippen LogP contribution in [0.2, 0.25) is 0 Å². The zero-order chi connectivity index (χ0) is 13.1. The van der Waals surface area contributed by atoms with Gasteiger partial charge in [0.15, 0.2) is 0 Å². The van der Waals surface area contributed by atoms with E-state index in [4.69, 9.17) is 0 Å². The summed E-state index contributed by atoms with van der Waals surface area (Å²) in [5.41, 5.74) is 2.72. The van der Waals surface area contributed by atoms with Crippen LogP contribution in [0.25, 0.3) is 11.4 Å². The molecule has 2 aromatic rings. The number of aromatic amines is 1. The Labute approximate surface area is 104 Å². The number of benzene rings is 1. The van der Waals surface area contributed by atoms with Gasteiger partial charge in [0.1, 0.15) is 5.82 Å². The van der Waals surface area contributed by atoms with E-state index in [0.717, 1.165) is 16.8 Å². The van der Waals surface area contributed by atoms with Crippen molar-refractivity contribution < 1.29 is 4.92 Å². The van der Waals surface area contributed by atoms with Gasteiger partial charge in [-0.05, 0) is 19.5 Å². The summed E-state index contributed by atoms with van der Waals surface area (Å²) in [5, 5.41) is 13.8. The fourth-order valence-corrected chi connectivity index (χ4v) is 1.75. The van der Waals surface area contributed by atoms with E-state index in [-0.39, 0.29) is 5.69 Å². The highest BCUT2D eigenvalue weighted by atomic mass is 16.6. The maximum atomic E-state index is 10.8. The molecule has 0 amide bonds. The standard InChI is InChI=1S/C12H14N4O2/c1-8-3-4-10(16(17)18)5-11(8)12-14-7-9(15-12)6-13-2/h3-5,7,13H,6H2,1-2H3,(H,14,15). The van der Waals surface area contributed by atoms with Crippen LogP contribution in [0.4, 0.5) is 5.69 Å². The number of aromatic nitrogens is 2. The second-order valence-corrected chi connectivity index (χ2v) is 4.04. The smallest absolute Gasteiger partial charge is 0.270 e. The van der Waals surface area contributed by atoms with Gasteiger partial charge in [-0.1, -0.05) is 6.07 Å². The minimum absolute atomic E-state index is 0.0715. The molecule has 0 aliphatic rings. The van der Waals surface area contributed by atoms with E-state index in [1.165, 1.54) is 12.1 Å². The summed E-state index contributed by atoms with van der Waals surface area (Å²) in [7, 11) is 1.85. The van der Waals surface area contributed by atoms with Crippen LogP contribution in [0, 0.1) is 17.0 Å². The first-order chi connectivity index (χ1) is 8.61. The van der Waals surface area contributed by atoms with Crippen molar-refractivity contribution in [2.75, 3.05) is 7.05 Å². The molecule has 1 heterocycles. The predicted octanol–water partition coefficient (Wildman–Crippen LogP) is 2.01.